The van der Waals surface area contributed by atoms with Gasteiger partial charge in [0, 0.05) is 6.54 Å². The van der Waals surface area contributed by atoms with Crippen LogP contribution in [-0.4, -0.2) is 38.5 Å². The van der Waals surface area contributed by atoms with E-state index in [1.807, 2.05) is 14.0 Å². The monoisotopic (exact) mass is 246 g/mol. The van der Waals surface area contributed by atoms with E-state index >= 15 is 0 Å². The van der Waals surface area contributed by atoms with Gasteiger partial charge in [0.25, 0.3) is 10.0 Å². The van der Waals surface area contributed by atoms with Crippen LogP contribution in [0.5, 0.6) is 0 Å². The fourth-order valence-corrected chi connectivity index (χ4v) is 2.42. The van der Waals surface area contributed by atoms with E-state index < -0.39 is 10.0 Å². The molecule has 3 N–H and O–H groups in total. The fourth-order valence-electron chi connectivity index (χ4n) is 1.29. The van der Waals surface area contributed by atoms with E-state index in [0.29, 0.717) is 12.4 Å². The molecule has 0 aliphatic carbocycles. The van der Waals surface area contributed by atoms with Crippen LogP contribution in [0.15, 0.2) is 11.2 Å². The van der Waals surface area contributed by atoms with Crippen LogP contribution < -0.4 is 10.0 Å². The zero-order valence-electron chi connectivity index (χ0n) is 9.74. The number of sulfonamides is 1. The third kappa shape index (κ3) is 3.58. The summed E-state index contributed by atoms with van der Waals surface area (Å²) in [4.78, 5) is 6.55. The number of nitrogens with zero attached hydrogens (tertiary/aromatic N) is 1. The second-order valence-corrected chi connectivity index (χ2v) is 5.58. The summed E-state index contributed by atoms with van der Waals surface area (Å²) in [6.45, 7) is 4.85. The van der Waals surface area contributed by atoms with Crippen molar-refractivity contribution in [2.24, 2.45) is 5.92 Å². The molecule has 16 heavy (non-hydrogen) atoms. The molecule has 0 bridgehead atoms. The first-order chi connectivity index (χ1) is 7.45. The molecular formula is C9H18N4O2S. The van der Waals surface area contributed by atoms with Crippen LogP contribution in [0.4, 0.5) is 0 Å². The van der Waals surface area contributed by atoms with Gasteiger partial charge in [-0.05, 0) is 26.4 Å². The molecule has 1 aromatic rings. The highest BCUT2D eigenvalue weighted by Crippen LogP contribution is 2.05. The summed E-state index contributed by atoms with van der Waals surface area (Å²) in [6.07, 6.45) is 1.32. The van der Waals surface area contributed by atoms with Crippen LogP contribution >= 0.6 is 0 Å². The largest absolute Gasteiger partial charge is 0.332 e. The maximum atomic E-state index is 11.8. The summed E-state index contributed by atoms with van der Waals surface area (Å²) in [7, 11) is -1.61. The van der Waals surface area contributed by atoms with Gasteiger partial charge >= 0.3 is 0 Å². The number of nitrogens with one attached hydrogen (secondary N) is 3. The number of aromatic amines is 1. The highest BCUT2D eigenvalue weighted by atomic mass is 32.2. The molecule has 1 rings (SSSR count). The molecule has 0 aromatic carbocycles. The van der Waals surface area contributed by atoms with Gasteiger partial charge in [0.05, 0.1) is 6.20 Å². The number of H-pyrrole nitrogens is 1. The van der Waals surface area contributed by atoms with E-state index in [9.17, 15) is 8.42 Å². The van der Waals surface area contributed by atoms with Gasteiger partial charge in [0.15, 0.2) is 5.03 Å². The smallest absolute Gasteiger partial charge is 0.257 e. The third-order valence-electron chi connectivity index (χ3n) is 2.14. The van der Waals surface area contributed by atoms with E-state index in [0.717, 1.165) is 6.54 Å². The topological polar surface area (TPSA) is 86.9 Å². The molecule has 0 saturated heterocycles. The molecule has 0 amide bonds. The zero-order chi connectivity index (χ0) is 12.2. The first-order valence-corrected chi connectivity index (χ1v) is 6.60. The Morgan fingerprint density at radius 1 is 1.50 bits per heavy atom. The maximum absolute atomic E-state index is 11.8. The number of aryl methyl sites for hydroxylation is 1. The molecule has 92 valence electrons. The molecule has 1 unspecified atom stereocenters. The molecule has 0 saturated carbocycles. The van der Waals surface area contributed by atoms with Crippen LogP contribution in [0, 0.1) is 12.8 Å². The number of imidazole rings is 1. The summed E-state index contributed by atoms with van der Waals surface area (Å²) >= 11 is 0. The second kappa shape index (κ2) is 5.42. The predicted molar refractivity (Wildman–Crippen MR) is 61.6 cm³/mol. The van der Waals surface area contributed by atoms with Crippen molar-refractivity contribution in [1.29, 1.82) is 0 Å². The Labute approximate surface area is 95.9 Å². The van der Waals surface area contributed by atoms with Crippen molar-refractivity contribution in [2.45, 2.75) is 18.9 Å². The summed E-state index contributed by atoms with van der Waals surface area (Å²) in [6, 6.07) is 0. The molecule has 0 aliphatic heterocycles. The van der Waals surface area contributed by atoms with Crippen molar-refractivity contribution in [3.8, 4) is 0 Å². The van der Waals surface area contributed by atoms with Crippen molar-refractivity contribution < 1.29 is 8.42 Å². The lowest BCUT2D eigenvalue weighted by Gasteiger charge is -2.11. The summed E-state index contributed by atoms with van der Waals surface area (Å²) in [5.74, 6) is 0.826. The minimum atomic E-state index is -3.45. The van der Waals surface area contributed by atoms with Crippen LogP contribution in [-0.2, 0) is 10.0 Å². The van der Waals surface area contributed by atoms with Crippen molar-refractivity contribution in [3.05, 3.63) is 12.0 Å². The Morgan fingerprint density at radius 3 is 2.69 bits per heavy atom. The van der Waals surface area contributed by atoms with Crippen molar-refractivity contribution in [2.75, 3.05) is 20.1 Å². The first-order valence-electron chi connectivity index (χ1n) is 5.11. The van der Waals surface area contributed by atoms with Crippen LogP contribution in [0.3, 0.4) is 0 Å². The number of hydrogen-bond acceptors (Lipinski definition) is 4. The Kier molecular flexibility index (Phi) is 4.45. The van der Waals surface area contributed by atoms with E-state index in [-0.39, 0.29) is 10.9 Å². The lowest BCUT2D eigenvalue weighted by Crippen LogP contribution is -2.32. The lowest BCUT2D eigenvalue weighted by molar-refractivity contribution is 0.518. The van der Waals surface area contributed by atoms with Gasteiger partial charge in [0.1, 0.15) is 5.82 Å². The van der Waals surface area contributed by atoms with E-state index in [1.165, 1.54) is 6.20 Å². The number of aromatic nitrogens is 2. The predicted octanol–water partition coefficient (Wildman–Crippen LogP) is -0.148. The van der Waals surface area contributed by atoms with E-state index in [1.54, 1.807) is 6.92 Å². The molecule has 0 radical (unpaired) electrons. The van der Waals surface area contributed by atoms with Gasteiger partial charge in [0.2, 0.25) is 0 Å². The molecular weight excluding hydrogens is 228 g/mol. The van der Waals surface area contributed by atoms with Crippen molar-refractivity contribution >= 4 is 10.0 Å². The highest BCUT2D eigenvalue weighted by Gasteiger charge is 2.16. The van der Waals surface area contributed by atoms with E-state index in [2.05, 4.69) is 20.0 Å². The van der Waals surface area contributed by atoms with E-state index in [4.69, 9.17) is 0 Å². The Bertz CT molecular complexity index is 426. The van der Waals surface area contributed by atoms with Crippen molar-refractivity contribution in [1.82, 2.24) is 20.0 Å². The quantitative estimate of drug-likeness (QED) is 0.651. The second-order valence-electron chi connectivity index (χ2n) is 3.85. The Hall–Kier alpha value is -0.920. The summed E-state index contributed by atoms with van der Waals surface area (Å²) in [5, 5.41) is 3.11. The number of rotatable bonds is 6. The highest BCUT2D eigenvalue weighted by molar-refractivity contribution is 7.89. The minimum Gasteiger partial charge on any atom is -0.332 e. The van der Waals surface area contributed by atoms with Gasteiger partial charge in [-0.25, -0.2) is 18.1 Å². The molecule has 1 aromatic heterocycles. The normalized spacial score (nSPS) is 13.9. The average molecular weight is 246 g/mol. The van der Waals surface area contributed by atoms with Crippen LogP contribution in [0.25, 0.3) is 0 Å². The van der Waals surface area contributed by atoms with Gasteiger partial charge in [-0.3, -0.25) is 0 Å². The molecule has 7 heteroatoms. The van der Waals surface area contributed by atoms with Gasteiger partial charge < -0.3 is 10.3 Å². The summed E-state index contributed by atoms with van der Waals surface area (Å²) < 4.78 is 26.0. The van der Waals surface area contributed by atoms with Crippen molar-refractivity contribution in [3.63, 3.8) is 0 Å². The lowest BCUT2D eigenvalue weighted by atomic mass is 10.2. The number of hydrogen-bond donors (Lipinski definition) is 3. The third-order valence-corrected chi connectivity index (χ3v) is 3.48. The van der Waals surface area contributed by atoms with Crippen LogP contribution in [0.2, 0.25) is 0 Å². The summed E-state index contributed by atoms with van der Waals surface area (Å²) in [5.41, 5.74) is 0. The maximum Gasteiger partial charge on any atom is 0.257 e. The first kappa shape index (κ1) is 13.1. The van der Waals surface area contributed by atoms with Crippen LogP contribution in [0.1, 0.15) is 12.7 Å². The molecule has 6 nitrogen and oxygen atoms in total. The molecule has 0 aliphatic rings. The molecule has 0 spiro atoms. The average Bonchev–Trinajstić information content (AvgIpc) is 2.63. The Morgan fingerprint density at radius 2 is 2.19 bits per heavy atom. The molecule has 1 heterocycles. The Balaban J connectivity index is 2.59. The van der Waals surface area contributed by atoms with Gasteiger partial charge in [-0.1, -0.05) is 6.92 Å². The zero-order valence-corrected chi connectivity index (χ0v) is 10.6. The van der Waals surface area contributed by atoms with Gasteiger partial charge in [-0.2, -0.15) is 0 Å². The minimum absolute atomic E-state index is 0.113. The standard InChI is InChI=1S/C9H18N4O2S/c1-7(4-10-3)5-12-16(14,15)9-6-11-8(2)13-9/h6-7,10,12H,4-5H2,1-3H3,(H,11,13). The molecule has 0 fully saturated rings. The fraction of sp³-hybridized carbons (Fsp3) is 0.667. The SMILES string of the molecule is CNCC(C)CNS(=O)(=O)c1cnc(C)[nH]1. The van der Waals surface area contributed by atoms with Gasteiger partial charge in [-0.15, -0.1) is 0 Å². The molecule has 1 atom stereocenters.